The van der Waals surface area contributed by atoms with Crippen molar-refractivity contribution in [1.82, 2.24) is 10.2 Å². The van der Waals surface area contributed by atoms with Crippen LogP contribution in [0.15, 0.2) is 120 Å². The lowest BCUT2D eigenvalue weighted by Crippen LogP contribution is -2.53. The van der Waals surface area contributed by atoms with E-state index in [1.165, 1.54) is 29.2 Å². The van der Waals surface area contributed by atoms with E-state index in [1.54, 1.807) is 18.2 Å². The molecular formula is C34H36FN3O4S. The lowest BCUT2D eigenvalue weighted by atomic mass is 10.0. The normalized spacial score (nSPS) is 12.0. The highest BCUT2D eigenvalue weighted by Crippen LogP contribution is 2.25. The van der Waals surface area contributed by atoms with Crippen LogP contribution in [0, 0.1) is 11.7 Å². The number of carbonyl (C=O) groups is 2. The quantitative estimate of drug-likeness (QED) is 0.221. The highest BCUT2D eigenvalue weighted by molar-refractivity contribution is 7.92. The lowest BCUT2D eigenvalue weighted by Gasteiger charge is -2.34. The van der Waals surface area contributed by atoms with Crippen LogP contribution in [0.3, 0.4) is 0 Å². The smallest absolute Gasteiger partial charge is 0.264 e. The van der Waals surface area contributed by atoms with Gasteiger partial charge in [-0.3, -0.25) is 13.9 Å². The van der Waals surface area contributed by atoms with Crippen molar-refractivity contribution in [3.63, 3.8) is 0 Å². The Hall–Kier alpha value is -4.50. The van der Waals surface area contributed by atoms with Crippen molar-refractivity contribution in [2.45, 2.75) is 37.8 Å². The molecule has 0 radical (unpaired) electrons. The minimum Gasteiger partial charge on any atom is -0.354 e. The molecule has 1 N–H and O–H groups in total. The van der Waals surface area contributed by atoms with Crippen molar-refractivity contribution < 1.29 is 22.4 Å². The number of sulfonamides is 1. The maximum atomic E-state index is 14.3. The van der Waals surface area contributed by atoms with Crippen molar-refractivity contribution in [1.29, 1.82) is 0 Å². The number of rotatable bonds is 13. The van der Waals surface area contributed by atoms with Crippen LogP contribution in [-0.4, -0.2) is 44.3 Å². The number of benzene rings is 4. The Kier molecular flexibility index (Phi) is 10.7. The van der Waals surface area contributed by atoms with Gasteiger partial charge in [-0.05, 0) is 53.4 Å². The third-order valence-corrected chi connectivity index (χ3v) is 8.66. The van der Waals surface area contributed by atoms with Crippen molar-refractivity contribution in [3.05, 3.63) is 132 Å². The Bertz CT molecular complexity index is 1580. The van der Waals surface area contributed by atoms with Crippen LogP contribution < -0.4 is 9.62 Å². The average molecular weight is 602 g/mol. The standard InChI is InChI=1S/C34H36FN3O4S/c1-26(2)23-36-34(40)32(22-27-12-6-3-7-13-27)37(24-28-14-8-4-9-15-28)33(39)25-38(30-20-18-29(35)19-21-30)43(41,42)31-16-10-5-11-17-31/h3-21,26,32H,22-25H2,1-2H3,(H,36,40)/t32-/m1/s1. The van der Waals surface area contributed by atoms with Gasteiger partial charge in [0.1, 0.15) is 18.4 Å². The molecule has 7 nitrogen and oxygen atoms in total. The van der Waals surface area contributed by atoms with E-state index in [-0.39, 0.29) is 35.4 Å². The van der Waals surface area contributed by atoms with Crippen LogP contribution in [-0.2, 0) is 32.6 Å². The van der Waals surface area contributed by atoms with Crippen molar-refractivity contribution in [2.24, 2.45) is 5.92 Å². The highest BCUT2D eigenvalue weighted by atomic mass is 32.2. The minimum absolute atomic E-state index is 0.0164. The average Bonchev–Trinajstić information content (AvgIpc) is 3.02. The molecule has 1 atom stereocenters. The fourth-order valence-electron chi connectivity index (χ4n) is 4.61. The summed E-state index contributed by atoms with van der Waals surface area (Å²) in [5.41, 5.74) is 1.76. The van der Waals surface area contributed by atoms with Gasteiger partial charge in [-0.15, -0.1) is 0 Å². The van der Waals surface area contributed by atoms with Gasteiger partial charge in [0.2, 0.25) is 11.8 Å². The largest absolute Gasteiger partial charge is 0.354 e. The van der Waals surface area contributed by atoms with Gasteiger partial charge >= 0.3 is 0 Å². The molecule has 0 aromatic heterocycles. The van der Waals surface area contributed by atoms with E-state index in [9.17, 15) is 22.4 Å². The summed E-state index contributed by atoms with van der Waals surface area (Å²) in [6.45, 7) is 3.86. The second kappa shape index (κ2) is 14.6. The Morgan fingerprint density at radius 2 is 1.30 bits per heavy atom. The Balaban J connectivity index is 1.77. The molecule has 43 heavy (non-hydrogen) atoms. The predicted octanol–water partition coefficient (Wildman–Crippen LogP) is 5.43. The van der Waals surface area contributed by atoms with Crippen molar-refractivity contribution >= 4 is 27.5 Å². The van der Waals surface area contributed by atoms with Crippen molar-refractivity contribution in [3.8, 4) is 0 Å². The highest BCUT2D eigenvalue weighted by Gasteiger charge is 2.34. The molecule has 0 aliphatic carbocycles. The summed E-state index contributed by atoms with van der Waals surface area (Å²) < 4.78 is 42.6. The third kappa shape index (κ3) is 8.51. The summed E-state index contributed by atoms with van der Waals surface area (Å²) in [5, 5.41) is 2.96. The van der Waals surface area contributed by atoms with Gasteiger partial charge in [0, 0.05) is 19.5 Å². The summed E-state index contributed by atoms with van der Waals surface area (Å²) in [6.07, 6.45) is 0.228. The zero-order valence-corrected chi connectivity index (χ0v) is 25.1. The molecule has 4 aromatic rings. The number of halogens is 1. The van der Waals surface area contributed by atoms with E-state index in [2.05, 4.69) is 5.32 Å². The summed E-state index contributed by atoms with van der Waals surface area (Å²) in [7, 11) is -4.23. The summed E-state index contributed by atoms with van der Waals surface area (Å²) in [6, 6.07) is 30.4. The number of nitrogens with zero attached hydrogens (tertiary/aromatic N) is 2. The van der Waals surface area contributed by atoms with E-state index in [0.29, 0.717) is 6.54 Å². The molecule has 0 fully saturated rings. The van der Waals surface area contributed by atoms with E-state index in [4.69, 9.17) is 0 Å². The SMILES string of the molecule is CC(C)CNC(=O)[C@@H](Cc1ccccc1)N(Cc1ccccc1)C(=O)CN(c1ccc(F)cc1)S(=O)(=O)c1ccccc1. The topological polar surface area (TPSA) is 86.8 Å². The van der Waals surface area contributed by atoms with Gasteiger partial charge < -0.3 is 10.2 Å². The van der Waals surface area contributed by atoms with Gasteiger partial charge in [0.25, 0.3) is 10.0 Å². The maximum absolute atomic E-state index is 14.3. The van der Waals surface area contributed by atoms with Crippen LogP contribution >= 0.6 is 0 Å². The maximum Gasteiger partial charge on any atom is 0.264 e. The number of hydrogen-bond acceptors (Lipinski definition) is 4. The fourth-order valence-corrected chi connectivity index (χ4v) is 6.05. The molecule has 0 aliphatic rings. The van der Waals surface area contributed by atoms with Gasteiger partial charge in [-0.1, -0.05) is 92.7 Å². The number of hydrogen-bond donors (Lipinski definition) is 1. The molecular weight excluding hydrogens is 565 g/mol. The molecule has 0 spiro atoms. The molecule has 9 heteroatoms. The molecule has 4 aromatic carbocycles. The van der Waals surface area contributed by atoms with Gasteiger partial charge in [-0.2, -0.15) is 0 Å². The number of nitrogens with one attached hydrogen (secondary N) is 1. The molecule has 0 saturated heterocycles. The predicted molar refractivity (Wildman–Crippen MR) is 166 cm³/mol. The monoisotopic (exact) mass is 601 g/mol. The number of carbonyl (C=O) groups excluding carboxylic acids is 2. The second-order valence-corrected chi connectivity index (χ2v) is 12.5. The summed E-state index contributed by atoms with van der Waals surface area (Å²) >= 11 is 0. The van der Waals surface area contributed by atoms with Crippen molar-refractivity contribution in [2.75, 3.05) is 17.4 Å². The van der Waals surface area contributed by atoms with Gasteiger partial charge in [0.15, 0.2) is 0 Å². The Morgan fingerprint density at radius 1 is 0.767 bits per heavy atom. The first kappa shape index (κ1) is 31.4. The minimum atomic E-state index is -4.23. The first-order valence-corrected chi connectivity index (χ1v) is 15.6. The number of amides is 2. The van der Waals surface area contributed by atoms with Crippen LogP contribution in [0.1, 0.15) is 25.0 Å². The van der Waals surface area contributed by atoms with E-state index < -0.39 is 34.3 Å². The Labute approximate surface area is 253 Å². The molecule has 0 bridgehead atoms. The first-order chi connectivity index (χ1) is 20.6. The molecule has 0 saturated carbocycles. The van der Waals surface area contributed by atoms with Crippen LogP contribution in [0.25, 0.3) is 0 Å². The first-order valence-electron chi connectivity index (χ1n) is 14.1. The Morgan fingerprint density at radius 3 is 1.86 bits per heavy atom. The molecule has 0 unspecified atom stereocenters. The molecule has 0 heterocycles. The van der Waals surface area contributed by atoms with Gasteiger partial charge in [0.05, 0.1) is 10.6 Å². The van der Waals surface area contributed by atoms with Gasteiger partial charge in [-0.25, -0.2) is 12.8 Å². The molecule has 224 valence electrons. The molecule has 0 aliphatic heterocycles. The lowest BCUT2D eigenvalue weighted by molar-refractivity contribution is -0.140. The van der Waals surface area contributed by atoms with Crippen LogP contribution in [0.5, 0.6) is 0 Å². The van der Waals surface area contributed by atoms with E-state index in [1.807, 2.05) is 74.5 Å². The summed E-state index contributed by atoms with van der Waals surface area (Å²) in [4.78, 5) is 29.5. The zero-order chi connectivity index (χ0) is 30.8. The fraction of sp³-hybridized carbons (Fsp3) is 0.235. The second-order valence-electron chi connectivity index (χ2n) is 10.7. The van der Waals surface area contributed by atoms with Crippen LogP contribution in [0.2, 0.25) is 0 Å². The number of anilines is 1. The van der Waals surface area contributed by atoms with E-state index >= 15 is 0 Å². The zero-order valence-electron chi connectivity index (χ0n) is 24.3. The van der Waals surface area contributed by atoms with Crippen LogP contribution in [0.4, 0.5) is 10.1 Å². The molecule has 4 rings (SSSR count). The summed E-state index contributed by atoms with van der Waals surface area (Å²) in [5.74, 6) is -1.26. The molecule has 2 amide bonds. The third-order valence-electron chi connectivity index (χ3n) is 6.88. The van der Waals surface area contributed by atoms with E-state index in [0.717, 1.165) is 27.6 Å².